The zero-order valence-electron chi connectivity index (χ0n) is 10.1. The molecule has 0 aliphatic heterocycles. The number of rotatable bonds is 5. The maximum absolute atomic E-state index is 12.0. The first-order valence-corrected chi connectivity index (χ1v) is 5.98. The number of amidine groups is 1. The number of oxime groups is 1. The highest BCUT2D eigenvalue weighted by Crippen LogP contribution is 2.15. The molecule has 0 radical (unpaired) electrons. The van der Waals surface area contributed by atoms with E-state index in [1.54, 1.807) is 24.3 Å². The number of nitrogens with two attached hydrogens (primary N) is 1. The summed E-state index contributed by atoms with van der Waals surface area (Å²) >= 11 is 5.93. The van der Waals surface area contributed by atoms with Crippen molar-refractivity contribution in [1.82, 2.24) is 5.32 Å². The molecule has 0 aliphatic rings. The van der Waals surface area contributed by atoms with Crippen LogP contribution in [0.5, 0.6) is 0 Å². The summed E-state index contributed by atoms with van der Waals surface area (Å²) < 4.78 is 0. The van der Waals surface area contributed by atoms with Crippen LogP contribution in [-0.4, -0.2) is 23.0 Å². The minimum Gasteiger partial charge on any atom is -0.409 e. The van der Waals surface area contributed by atoms with E-state index in [-0.39, 0.29) is 17.8 Å². The van der Waals surface area contributed by atoms with Crippen LogP contribution < -0.4 is 11.1 Å². The predicted octanol–water partition coefficient (Wildman–Crippen LogP) is 1.98. The van der Waals surface area contributed by atoms with Crippen LogP contribution in [-0.2, 0) is 0 Å². The number of nitrogens with one attached hydrogen (secondary N) is 1. The van der Waals surface area contributed by atoms with Crippen LogP contribution in [0.15, 0.2) is 29.4 Å². The molecular formula is C12H16ClN3O2. The van der Waals surface area contributed by atoms with Crippen molar-refractivity contribution in [3.05, 3.63) is 34.9 Å². The molecule has 1 amide bonds. The van der Waals surface area contributed by atoms with E-state index in [0.717, 1.165) is 0 Å². The highest BCUT2D eigenvalue weighted by molar-refractivity contribution is 6.33. The summed E-state index contributed by atoms with van der Waals surface area (Å²) in [4.78, 5) is 12.0. The highest BCUT2D eigenvalue weighted by Gasteiger charge is 2.15. The number of carbonyl (C=O) groups is 1. The first-order chi connectivity index (χ1) is 8.58. The Kier molecular flexibility index (Phi) is 5.45. The number of amides is 1. The third-order valence-electron chi connectivity index (χ3n) is 2.53. The van der Waals surface area contributed by atoms with Crippen molar-refractivity contribution in [3.63, 3.8) is 0 Å². The summed E-state index contributed by atoms with van der Waals surface area (Å²) in [5.74, 6) is -0.181. The standard InChI is InChI=1S/C12H16ClN3O2/c1-2-8(7-11(14)16-18)15-12(17)9-5-3-4-6-10(9)13/h3-6,8,18H,2,7H2,1H3,(H2,14,16)(H,15,17). The van der Waals surface area contributed by atoms with Crippen LogP contribution in [0.3, 0.4) is 0 Å². The molecule has 0 spiro atoms. The fourth-order valence-electron chi connectivity index (χ4n) is 1.50. The van der Waals surface area contributed by atoms with E-state index >= 15 is 0 Å². The van der Waals surface area contributed by atoms with Gasteiger partial charge in [0, 0.05) is 12.5 Å². The maximum atomic E-state index is 12.0. The predicted molar refractivity (Wildman–Crippen MR) is 71.0 cm³/mol. The van der Waals surface area contributed by atoms with E-state index in [1.807, 2.05) is 6.92 Å². The Balaban J connectivity index is 2.71. The molecule has 1 unspecified atom stereocenters. The van der Waals surface area contributed by atoms with Crippen molar-refractivity contribution < 1.29 is 10.0 Å². The minimum absolute atomic E-state index is 0.0845. The zero-order valence-corrected chi connectivity index (χ0v) is 10.8. The van der Waals surface area contributed by atoms with Crippen LogP contribution in [0.25, 0.3) is 0 Å². The van der Waals surface area contributed by atoms with Gasteiger partial charge in [-0.2, -0.15) is 0 Å². The van der Waals surface area contributed by atoms with E-state index in [4.69, 9.17) is 22.5 Å². The molecule has 0 aliphatic carbocycles. The summed E-state index contributed by atoms with van der Waals surface area (Å²) in [6, 6.07) is 6.61. The Morgan fingerprint density at radius 3 is 2.78 bits per heavy atom. The SMILES string of the molecule is CCC(CC(N)=NO)NC(=O)c1ccccc1Cl. The van der Waals surface area contributed by atoms with Crippen molar-refractivity contribution in [2.45, 2.75) is 25.8 Å². The molecule has 0 bridgehead atoms. The van der Waals surface area contributed by atoms with Crippen molar-refractivity contribution in [2.24, 2.45) is 10.9 Å². The first kappa shape index (κ1) is 14.3. The monoisotopic (exact) mass is 269 g/mol. The first-order valence-electron chi connectivity index (χ1n) is 5.60. The van der Waals surface area contributed by atoms with Crippen LogP contribution in [0, 0.1) is 0 Å². The summed E-state index contributed by atoms with van der Waals surface area (Å²) in [5.41, 5.74) is 5.83. The fourth-order valence-corrected chi connectivity index (χ4v) is 1.72. The van der Waals surface area contributed by atoms with Crippen LogP contribution >= 0.6 is 11.6 Å². The zero-order chi connectivity index (χ0) is 13.5. The minimum atomic E-state index is -0.266. The molecule has 0 heterocycles. The van der Waals surface area contributed by atoms with Crippen molar-refractivity contribution in [3.8, 4) is 0 Å². The highest BCUT2D eigenvalue weighted by atomic mass is 35.5. The van der Waals surface area contributed by atoms with Gasteiger partial charge in [-0.3, -0.25) is 4.79 Å². The molecule has 98 valence electrons. The van der Waals surface area contributed by atoms with E-state index in [1.165, 1.54) is 0 Å². The van der Waals surface area contributed by atoms with Crippen molar-refractivity contribution in [1.29, 1.82) is 0 Å². The third-order valence-corrected chi connectivity index (χ3v) is 2.86. The fraction of sp³-hybridized carbons (Fsp3) is 0.333. The molecule has 1 aromatic rings. The lowest BCUT2D eigenvalue weighted by atomic mass is 10.1. The van der Waals surface area contributed by atoms with Gasteiger partial charge < -0.3 is 16.3 Å². The Morgan fingerprint density at radius 2 is 2.22 bits per heavy atom. The largest absolute Gasteiger partial charge is 0.409 e. The molecule has 18 heavy (non-hydrogen) atoms. The second kappa shape index (κ2) is 6.86. The average molecular weight is 270 g/mol. The number of nitrogens with zero attached hydrogens (tertiary/aromatic N) is 1. The lowest BCUT2D eigenvalue weighted by molar-refractivity contribution is 0.0937. The molecule has 0 fully saturated rings. The van der Waals surface area contributed by atoms with Gasteiger partial charge in [-0.1, -0.05) is 35.8 Å². The smallest absolute Gasteiger partial charge is 0.253 e. The Morgan fingerprint density at radius 1 is 1.56 bits per heavy atom. The molecule has 1 rings (SSSR count). The lowest BCUT2D eigenvalue weighted by Gasteiger charge is -2.16. The number of hydrogen-bond acceptors (Lipinski definition) is 3. The number of benzene rings is 1. The summed E-state index contributed by atoms with van der Waals surface area (Å²) in [5, 5.41) is 14.6. The van der Waals surface area contributed by atoms with Gasteiger partial charge in [-0.25, -0.2) is 0 Å². The van der Waals surface area contributed by atoms with Gasteiger partial charge >= 0.3 is 0 Å². The Bertz CT molecular complexity index is 449. The Labute approximate surface area is 111 Å². The van der Waals surface area contributed by atoms with Gasteiger partial charge in [-0.05, 0) is 18.6 Å². The second-order valence-corrected chi connectivity index (χ2v) is 4.26. The maximum Gasteiger partial charge on any atom is 0.253 e. The van der Waals surface area contributed by atoms with Crippen LogP contribution in [0.4, 0.5) is 0 Å². The van der Waals surface area contributed by atoms with Gasteiger partial charge in [0.05, 0.1) is 10.6 Å². The van der Waals surface area contributed by atoms with Crippen LogP contribution in [0.2, 0.25) is 5.02 Å². The molecule has 6 heteroatoms. The molecule has 4 N–H and O–H groups in total. The quantitative estimate of drug-likeness (QED) is 0.331. The van der Waals surface area contributed by atoms with E-state index < -0.39 is 0 Å². The molecule has 1 aromatic carbocycles. The van der Waals surface area contributed by atoms with Crippen molar-refractivity contribution in [2.75, 3.05) is 0 Å². The molecule has 0 saturated heterocycles. The number of hydrogen-bond donors (Lipinski definition) is 3. The van der Waals surface area contributed by atoms with Gasteiger partial charge in [0.15, 0.2) is 0 Å². The lowest BCUT2D eigenvalue weighted by Crippen LogP contribution is -2.37. The average Bonchev–Trinajstić information content (AvgIpc) is 2.38. The molecular weight excluding hydrogens is 254 g/mol. The van der Waals surface area contributed by atoms with Crippen LogP contribution in [0.1, 0.15) is 30.1 Å². The molecule has 5 nitrogen and oxygen atoms in total. The van der Waals surface area contributed by atoms with E-state index in [0.29, 0.717) is 23.4 Å². The second-order valence-electron chi connectivity index (χ2n) is 3.85. The number of halogens is 1. The number of carbonyl (C=O) groups excluding carboxylic acids is 1. The summed E-state index contributed by atoms with van der Waals surface area (Å²) in [6.45, 7) is 1.90. The Hall–Kier alpha value is -1.75. The third kappa shape index (κ3) is 3.92. The van der Waals surface area contributed by atoms with Crippen molar-refractivity contribution >= 4 is 23.3 Å². The normalized spacial score (nSPS) is 13.1. The summed E-state index contributed by atoms with van der Waals surface area (Å²) in [7, 11) is 0. The van der Waals surface area contributed by atoms with Gasteiger partial charge in [0.25, 0.3) is 5.91 Å². The summed E-state index contributed by atoms with van der Waals surface area (Å²) in [6.07, 6.45) is 0.968. The molecule has 0 saturated carbocycles. The van der Waals surface area contributed by atoms with E-state index in [9.17, 15) is 4.79 Å². The molecule has 1 atom stereocenters. The van der Waals surface area contributed by atoms with Gasteiger partial charge in [0.1, 0.15) is 5.84 Å². The van der Waals surface area contributed by atoms with E-state index in [2.05, 4.69) is 10.5 Å². The van der Waals surface area contributed by atoms with Gasteiger partial charge in [-0.15, -0.1) is 0 Å². The molecule has 0 aromatic heterocycles. The van der Waals surface area contributed by atoms with Gasteiger partial charge in [0.2, 0.25) is 0 Å². The topological polar surface area (TPSA) is 87.7 Å².